The predicted molar refractivity (Wildman–Crippen MR) is 100 cm³/mol. The molecule has 0 heterocycles. The van der Waals surface area contributed by atoms with E-state index < -0.39 is 0 Å². The Kier molecular flexibility index (Phi) is 12.9. The maximum atomic E-state index is 8.93. The van der Waals surface area contributed by atoms with Gasteiger partial charge >= 0.3 is 0 Å². The van der Waals surface area contributed by atoms with E-state index in [1.54, 1.807) is 0 Å². The van der Waals surface area contributed by atoms with Gasteiger partial charge in [-0.25, -0.2) is 0 Å². The first-order valence-corrected chi connectivity index (χ1v) is 8.73. The molecule has 0 aromatic carbocycles. The van der Waals surface area contributed by atoms with Crippen LogP contribution in [-0.4, -0.2) is 11.7 Å². The van der Waals surface area contributed by atoms with Crippen molar-refractivity contribution >= 4 is 0 Å². The summed E-state index contributed by atoms with van der Waals surface area (Å²) in [4.78, 5) is 0. The van der Waals surface area contributed by atoms with E-state index in [0.29, 0.717) is 0 Å². The SMILES string of the molecule is CCC(=CCO)CC/C=C(\C)CC/C=C(\C)CCC=C(C)C. The standard InChI is InChI=1S/C21H36O/c1-6-21(16-17-22)15-9-14-20(5)13-8-12-19(4)11-7-10-18(2)3/h10,12,14,16,22H,6-9,11,13,15,17H2,1-5H3/b19-12+,20-14+,21-16?. The Bertz CT molecular complexity index is 404. The number of hydrogen-bond donors (Lipinski definition) is 1. The molecule has 0 atom stereocenters. The number of aliphatic hydroxyl groups is 1. The molecule has 0 amide bonds. The molecular weight excluding hydrogens is 268 g/mol. The van der Waals surface area contributed by atoms with Gasteiger partial charge in [0, 0.05) is 0 Å². The molecule has 1 nitrogen and oxygen atoms in total. The Hall–Kier alpha value is -1.08. The Labute approximate surface area is 138 Å². The molecule has 22 heavy (non-hydrogen) atoms. The van der Waals surface area contributed by atoms with E-state index in [9.17, 15) is 0 Å². The van der Waals surface area contributed by atoms with Crippen LogP contribution < -0.4 is 0 Å². The highest BCUT2D eigenvalue weighted by Crippen LogP contribution is 2.14. The van der Waals surface area contributed by atoms with Crippen LogP contribution in [0.15, 0.2) is 46.6 Å². The molecule has 0 aliphatic heterocycles. The summed E-state index contributed by atoms with van der Waals surface area (Å²) >= 11 is 0. The Morgan fingerprint density at radius 3 is 1.68 bits per heavy atom. The van der Waals surface area contributed by atoms with E-state index in [1.807, 2.05) is 6.08 Å². The van der Waals surface area contributed by atoms with Crippen molar-refractivity contribution in [3.05, 3.63) is 46.6 Å². The van der Waals surface area contributed by atoms with E-state index in [-0.39, 0.29) is 6.61 Å². The maximum absolute atomic E-state index is 8.93. The Morgan fingerprint density at radius 1 is 0.727 bits per heavy atom. The van der Waals surface area contributed by atoms with E-state index >= 15 is 0 Å². The van der Waals surface area contributed by atoms with Crippen molar-refractivity contribution in [2.75, 3.05) is 6.61 Å². The van der Waals surface area contributed by atoms with Gasteiger partial charge in [-0.1, -0.05) is 53.5 Å². The second-order valence-electron chi connectivity index (χ2n) is 6.40. The van der Waals surface area contributed by atoms with Crippen LogP contribution in [-0.2, 0) is 0 Å². The maximum Gasteiger partial charge on any atom is 0.0615 e. The Balaban J connectivity index is 4.01. The molecule has 0 radical (unpaired) electrons. The van der Waals surface area contributed by atoms with Gasteiger partial charge in [0.05, 0.1) is 6.61 Å². The summed E-state index contributed by atoms with van der Waals surface area (Å²) < 4.78 is 0. The lowest BCUT2D eigenvalue weighted by Gasteiger charge is -2.04. The summed E-state index contributed by atoms with van der Waals surface area (Å²) in [5.74, 6) is 0. The summed E-state index contributed by atoms with van der Waals surface area (Å²) in [6, 6.07) is 0. The topological polar surface area (TPSA) is 20.2 Å². The van der Waals surface area contributed by atoms with Gasteiger partial charge < -0.3 is 5.11 Å². The lowest BCUT2D eigenvalue weighted by molar-refractivity contribution is 0.341. The van der Waals surface area contributed by atoms with Crippen molar-refractivity contribution in [2.24, 2.45) is 0 Å². The van der Waals surface area contributed by atoms with Gasteiger partial charge in [0.2, 0.25) is 0 Å². The van der Waals surface area contributed by atoms with Crippen LogP contribution >= 0.6 is 0 Å². The molecule has 0 spiro atoms. The first-order valence-electron chi connectivity index (χ1n) is 8.73. The zero-order valence-electron chi connectivity index (χ0n) is 15.4. The number of rotatable bonds is 11. The largest absolute Gasteiger partial charge is 0.392 e. The monoisotopic (exact) mass is 304 g/mol. The Morgan fingerprint density at radius 2 is 1.23 bits per heavy atom. The first-order chi connectivity index (χ1) is 10.5. The van der Waals surface area contributed by atoms with Crippen molar-refractivity contribution in [1.29, 1.82) is 0 Å². The zero-order valence-corrected chi connectivity index (χ0v) is 15.4. The highest BCUT2D eigenvalue weighted by Gasteiger charge is 1.95. The molecule has 126 valence electrons. The fraction of sp³-hybridized carbons (Fsp3) is 0.619. The average molecular weight is 305 g/mol. The van der Waals surface area contributed by atoms with Crippen molar-refractivity contribution < 1.29 is 5.11 Å². The number of hydrogen-bond acceptors (Lipinski definition) is 1. The second kappa shape index (κ2) is 13.6. The van der Waals surface area contributed by atoms with Gasteiger partial charge in [0.1, 0.15) is 0 Å². The number of allylic oxidation sites excluding steroid dienone is 7. The summed E-state index contributed by atoms with van der Waals surface area (Å²) in [5, 5.41) is 8.93. The third-order valence-corrected chi connectivity index (χ3v) is 3.92. The third kappa shape index (κ3) is 12.6. The minimum Gasteiger partial charge on any atom is -0.392 e. The molecule has 0 aliphatic carbocycles. The van der Waals surface area contributed by atoms with Crippen molar-refractivity contribution in [3.8, 4) is 0 Å². The van der Waals surface area contributed by atoms with Gasteiger partial charge in [0.15, 0.2) is 0 Å². The predicted octanol–water partition coefficient (Wildman–Crippen LogP) is 6.51. The molecule has 0 bridgehead atoms. The fourth-order valence-electron chi connectivity index (χ4n) is 2.40. The van der Waals surface area contributed by atoms with Crippen molar-refractivity contribution in [2.45, 2.75) is 79.6 Å². The molecule has 0 aliphatic rings. The first kappa shape index (κ1) is 20.9. The molecule has 0 saturated carbocycles. The van der Waals surface area contributed by atoms with Crippen LogP contribution in [0.1, 0.15) is 79.6 Å². The normalized spacial score (nSPS) is 13.5. The third-order valence-electron chi connectivity index (χ3n) is 3.92. The second-order valence-corrected chi connectivity index (χ2v) is 6.40. The summed E-state index contributed by atoms with van der Waals surface area (Å²) in [6.45, 7) is 11.1. The molecule has 0 aromatic rings. The van der Waals surface area contributed by atoms with E-state index in [2.05, 4.69) is 52.8 Å². The van der Waals surface area contributed by atoms with Crippen LogP contribution in [0.25, 0.3) is 0 Å². The van der Waals surface area contributed by atoms with E-state index in [0.717, 1.165) is 38.5 Å². The van der Waals surface area contributed by atoms with Gasteiger partial charge in [-0.15, -0.1) is 0 Å². The van der Waals surface area contributed by atoms with Gasteiger partial charge in [-0.05, 0) is 72.6 Å². The summed E-state index contributed by atoms with van der Waals surface area (Å²) in [7, 11) is 0. The van der Waals surface area contributed by atoms with Crippen molar-refractivity contribution in [3.63, 3.8) is 0 Å². The quantitative estimate of drug-likeness (QED) is 0.431. The minimum absolute atomic E-state index is 0.169. The molecule has 0 aromatic heterocycles. The molecular formula is C21H36O. The van der Waals surface area contributed by atoms with Crippen molar-refractivity contribution in [1.82, 2.24) is 0 Å². The van der Waals surface area contributed by atoms with Crippen LogP contribution in [0.4, 0.5) is 0 Å². The van der Waals surface area contributed by atoms with E-state index in [4.69, 9.17) is 5.11 Å². The number of aliphatic hydroxyl groups excluding tert-OH is 1. The average Bonchev–Trinajstić information content (AvgIpc) is 2.46. The highest BCUT2D eigenvalue weighted by molar-refractivity contribution is 5.07. The smallest absolute Gasteiger partial charge is 0.0615 e. The molecule has 0 saturated heterocycles. The van der Waals surface area contributed by atoms with Crippen LogP contribution in [0, 0.1) is 0 Å². The zero-order chi connectivity index (χ0) is 16.8. The fourth-order valence-corrected chi connectivity index (χ4v) is 2.40. The highest BCUT2D eigenvalue weighted by atomic mass is 16.2. The molecule has 1 heteroatoms. The lowest BCUT2D eigenvalue weighted by atomic mass is 10.0. The lowest BCUT2D eigenvalue weighted by Crippen LogP contribution is -1.85. The van der Waals surface area contributed by atoms with Gasteiger partial charge in [-0.3, -0.25) is 0 Å². The molecule has 0 rings (SSSR count). The van der Waals surface area contributed by atoms with Crippen LogP contribution in [0.3, 0.4) is 0 Å². The van der Waals surface area contributed by atoms with Gasteiger partial charge in [-0.2, -0.15) is 0 Å². The molecule has 0 fully saturated rings. The van der Waals surface area contributed by atoms with E-state index in [1.165, 1.54) is 28.7 Å². The van der Waals surface area contributed by atoms with Crippen LogP contribution in [0.5, 0.6) is 0 Å². The van der Waals surface area contributed by atoms with Gasteiger partial charge in [0.25, 0.3) is 0 Å². The molecule has 0 unspecified atom stereocenters. The summed E-state index contributed by atoms with van der Waals surface area (Å²) in [6.07, 6.45) is 16.9. The minimum atomic E-state index is 0.169. The van der Waals surface area contributed by atoms with Crippen LogP contribution in [0.2, 0.25) is 0 Å². The molecule has 1 N–H and O–H groups in total. The summed E-state index contributed by atoms with van der Waals surface area (Å²) in [5.41, 5.74) is 5.76.